The van der Waals surface area contributed by atoms with Gasteiger partial charge in [-0.3, -0.25) is 9.59 Å². The number of hydrogen-bond donors (Lipinski definition) is 2. The molecule has 1 atom stereocenters. The van der Waals surface area contributed by atoms with Gasteiger partial charge in [-0.2, -0.15) is 0 Å². The van der Waals surface area contributed by atoms with Crippen LogP contribution >= 0.6 is 12.4 Å². The summed E-state index contributed by atoms with van der Waals surface area (Å²) >= 11 is 0. The fourth-order valence-electron chi connectivity index (χ4n) is 2.26. The van der Waals surface area contributed by atoms with Crippen LogP contribution in [0.1, 0.15) is 29.6 Å². The molecule has 1 heterocycles. The number of amides is 2. The molecule has 1 saturated heterocycles. The van der Waals surface area contributed by atoms with Crippen molar-refractivity contribution in [2.45, 2.75) is 25.3 Å². The lowest BCUT2D eigenvalue weighted by molar-refractivity contribution is -0.118. The largest absolute Gasteiger partial charge is 0.345 e. The van der Waals surface area contributed by atoms with E-state index in [-0.39, 0.29) is 30.3 Å². The van der Waals surface area contributed by atoms with Crippen LogP contribution in [-0.4, -0.2) is 43.4 Å². The van der Waals surface area contributed by atoms with Crippen molar-refractivity contribution < 1.29 is 9.59 Å². The number of carbonyl (C=O) groups is 2. The van der Waals surface area contributed by atoms with Crippen molar-refractivity contribution in [1.29, 1.82) is 0 Å². The zero-order valence-electron chi connectivity index (χ0n) is 12.4. The van der Waals surface area contributed by atoms with E-state index in [9.17, 15) is 9.59 Å². The van der Waals surface area contributed by atoms with Crippen LogP contribution in [0.15, 0.2) is 24.3 Å². The van der Waals surface area contributed by atoms with E-state index in [0.717, 1.165) is 31.5 Å². The molecule has 0 aliphatic carbocycles. The van der Waals surface area contributed by atoms with Crippen LogP contribution in [0.5, 0.6) is 0 Å². The highest BCUT2D eigenvalue weighted by Crippen LogP contribution is 2.13. The van der Waals surface area contributed by atoms with E-state index in [1.807, 2.05) is 0 Å². The summed E-state index contributed by atoms with van der Waals surface area (Å²) in [4.78, 5) is 25.3. The van der Waals surface area contributed by atoms with Crippen LogP contribution < -0.4 is 10.6 Å². The Hall–Kier alpha value is -1.59. The van der Waals surface area contributed by atoms with Gasteiger partial charge >= 0.3 is 0 Å². The highest BCUT2D eigenvalue weighted by atomic mass is 35.5. The van der Waals surface area contributed by atoms with Crippen LogP contribution in [0, 0.1) is 0 Å². The standard InChI is InChI=1S/C15H21N3O2.ClH/c1-18(2)15(20)11-6-8-12(9-7-11)17-14(19)13-5-3-4-10-16-13;/h6-9,13,16H,3-5,10H2,1-2H3,(H,17,19);1H/t13-;/m1./s1. The Morgan fingerprint density at radius 2 is 1.86 bits per heavy atom. The minimum atomic E-state index is -0.105. The van der Waals surface area contributed by atoms with Gasteiger partial charge in [0.25, 0.3) is 5.91 Å². The molecular weight excluding hydrogens is 290 g/mol. The van der Waals surface area contributed by atoms with Gasteiger partial charge in [0.05, 0.1) is 6.04 Å². The molecule has 2 rings (SSSR count). The van der Waals surface area contributed by atoms with Crippen molar-refractivity contribution in [3.63, 3.8) is 0 Å². The van der Waals surface area contributed by atoms with E-state index in [1.54, 1.807) is 38.4 Å². The van der Waals surface area contributed by atoms with Gasteiger partial charge in [-0.1, -0.05) is 6.42 Å². The van der Waals surface area contributed by atoms with Crippen molar-refractivity contribution in [1.82, 2.24) is 10.2 Å². The molecule has 1 aliphatic heterocycles. The predicted molar refractivity (Wildman–Crippen MR) is 86.0 cm³/mol. The topological polar surface area (TPSA) is 61.4 Å². The summed E-state index contributed by atoms with van der Waals surface area (Å²) < 4.78 is 0. The number of piperidine rings is 1. The molecule has 0 spiro atoms. The second kappa shape index (κ2) is 8.00. The van der Waals surface area contributed by atoms with Crippen LogP contribution in [0.2, 0.25) is 0 Å². The number of hydrogen-bond acceptors (Lipinski definition) is 3. The Bertz CT molecular complexity index is 482. The van der Waals surface area contributed by atoms with E-state index in [2.05, 4.69) is 10.6 Å². The summed E-state index contributed by atoms with van der Waals surface area (Å²) in [5.74, 6) is -0.0480. The number of nitrogens with one attached hydrogen (secondary N) is 2. The first-order chi connectivity index (χ1) is 9.58. The first-order valence-electron chi connectivity index (χ1n) is 6.94. The Kier molecular flexibility index (Phi) is 6.65. The molecule has 1 fully saturated rings. The van der Waals surface area contributed by atoms with Gasteiger partial charge in [-0.15, -0.1) is 12.4 Å². The third-order valence-electron chi connectivity index (χ3n) is 3.43. The predicted octanol–water partition coefficient (Wildman–Crippen LogP) is 1.89. The fraction of sp³-hybridized carbons (Fsp3) is 0.467. The zero-order chi connectivity index (χ0) is 14.5. The van der Waals surface area contributed by atoms with Gasteiger partial charge in [0.15, 0.2) is 0 Å². The molecule has 0 aromatic heterocycles. The molecule has 0 bridgehead atoms. The number of halogens is 1. The molecule has 6 heteroatoms. The number of nitrogens with zero attached hydrogens (tertiary/aromatic N) is 1. The van der Waals surface area contributed by atoms with Crippen molar-refractivity contribution in [3.8, 4) is 0 Å². The summed E-state index contributed by atoms with van der Waals surface area (Å²) in [5, 5.41) is 6.09. The van der Waals surface area contributed by atoms with Gasteiger partial charge in [0.1, 0.15) is 0 Å². The molecule has 1 aliphatic rings. The van der Waals surface area contributed by atoms with Crippen LogP contribution in [0.3, 0.4) is 0 Å². The first kappa shape index (κ1) is 17.5. The molecule has 0 radical (unpaired) electrons. The molecule has 116 valence electrons. The van der Waals surface area contributed by atoms with Crippen molar-refractivity contribution in [3.05, 3.63) is 29.8 Å². The molecule has 5 nitrogen and oxygen atoms in total. The Labute approximate surface area is 131 Å². The molecule has 0 unspecified atom stereocenters. The maximum atomic E-state index is 12.0. The number of anilines is 1. The highest BCUT2D eigenvalue weighted by molar-refractivity contribution is 5.97. The number of benzene rings is 1. The lowest BCUT2D eigenvalue weighted by Crippen LogP contribution is -2.43. The monoisotopic (exact) mass is 311 g/mol. The van der Waals surface area contributed by atoms with Crippen LogP contribution in [0.4, 0.5) is 5.69 Å². The minimum Gasteiger partial charge on any atom is -0.345 e. The van der Waals surface area contributed by atoms with Crippen LogP contribution in [-0.2, 0) is 4.79 Å². The zero-order valence-corrected chi connectivity index (χ0v) is 13.2. The summed E-state index contributed by atoms with van der Waals surface area (Å²) in [5.41, 5.74) is 1.33. The molecule has 1 aromatic rings. The normalized spacial score (nSPS) is 17.5. The minimum absolute atomic E-state index is 0. The average molecular weight is 312 g/mol. The Balaban J connectivity index is 0.00000220. The van der Waals surface area contributed by atoms with Gasteiger partial charge in [-0.25, -0.2) is 0 Å². The van der Waals surface area contributed by atoms with Crippen molar-refractivity contribution >= 4 is 29.9 Å². The second-order valence-corrected chi connectivity index (χ2v) is 5.27. The summed E-state index contributed by atoms with van der Waals surface area (Å²) in [6.45, 7) is 0.897. The smallest absolute Gasteiger partial charge is 0.253 e. The van der Waals surface area contributed by atoms with E-state index in [0.29, 0.717) is 5.56 Å². The van der Waals surface area contributed by atoms with E-state index >= 15 is 0 Å². The van der Waals surface area contributed by atoms with Gasteiger partial charge < -0.3 is 15.5 Å². The summed E-state index contributed by atoms with van der Waals surface area (Å²) in [6.07, 6.45) is 3.09. The van der Waals surface area contributed by atoms with Crippen molar-refractivity contribution in [2.24, 2.45) is 0 Å². The third kappa shape index (κ3) is 4.72. The average Bonchev–Trinajstić information content (AvgIpc) is 2.48. The molecular formula is C15H22ClN3O2. The fourth-order valence-corrected chi connectivity index (χ4v) is 2.26. The second-order valence-electron chi connectivity index (χ2n) is 5.27. The molecule has 21 heavy (non-hydrogen) atoms. The van der Waals surface area contributed by atoms with E-state index < -0.39 is 0 Å². The number of rotatable bonds is 3. The van der Waals surface area contributed by atoms with Gasteiger partial charge in [0.2, 0.25) is 5.91 Å². The maximum Gasteiger partial charge on any atom is 0.253 e. The third-order valence-corrected chi connectivity index (χ3v) is 3.43. The SMILES string of the molecule is CN(C)C(=O)c1ccc(NC(=O)[C@H]2CCCCN2)cc1.Cl. The van der Waals surface area contributed by atoms with Crippen LogP contribution in [0.25, 0.3) is 0 Å². The maximum absolute atomic E-state index is 12.0. The molecule has 1 aromatic carbocycles. The molecule has 2 N–H and O–H groups in total. The lowest BCUT2D eigenvalue weighted by Gasteiger charge is -2.22. The van der Waals surface area contributed by atoms with E-state index in [4.69, 9.17) is 0 Å². The molecule has 0 saturated carbocycles. The summed E-state index contributed by atoms with van der Waals surface area (Å²) in [7, 11) is 3.43. The first-order valence-corrected chi connectivity index (χ1v) is 6.94. The lowest BCUT2D eigenvalue weighted by atomic mass is 10.0. The Morgan fingerprint density at radius 3 is 2.38 bits per heavy atom. The Morgan fingerprint density at radius 1 is 1.19 bits per heavy atom. The summed E-state index contributed by atoms with van der Waals surface area (Å²) in [6, 6.07) is 6.87. The highest BCUT2D eigenvalue weighted by Gasteiger charge is 2.20. The molecule has 2 amide bonds. The van der Waals surface area contributed by atoms with Gasteiger partial charge in [-0.05, 0) is 43.7 Å². The van der Waals surface area contributed by atoms with Crippen molar-refractivity contribution in [2.75, 3.05) is 26.0 Å². The quantitative estimate of drug-likeness (QED) is 0.896. The number of carbonyl (C=O) groups excluding carboxylic acids is 2. The van der Waals surface area contributed by atoms with E-state index in [1.165, 1.54) is 4.90 Å². The van der Waals surface area contributed by atoms with Gasteiger partial charge in [0, 0.05) is 25.3 Å².